The number of carbonyl (C=O) groups excluding carboxylic acids is 1. The number of ketones is 1. The van der Waals surface area contributed by atoms with E-state index in [0.29, 0.717) is 50.3 Å². The molecule has 5 aliphatic rings. The molecule has 7 heteroatoms. The van der Waals surface area contributed by atoms with Crippen molar-refractivity contribution in [2.24, 2.45) is 0 Å². The summed E-state index contributed by atoms with van der Waals surface area (Å²) in [6, 6.07) is 6.59. The van der Waals surface area contributed by atoms with Crippen molar-refractivity contribution < 1.29 is 21.6 Å². The van der Waals surface area contributed by atoms with Crippen LogP contribution in [-0.4, -0.2) is 22.6 Å². The second-order valence-electron chi connectivity index (χ2n) is 8.30. The summed E-state index contributed by atoms with van der Waals surface area (Å²) in [4.78, 5) is 14.8. The molecule has 0 saturated carbocycles. The summed E-state index contributed by atoms with van der Waals surface area (Å²) in [5.41, 5.74) is 2.01. The quantitative estimate of drug-likeness (QED) is 0.633. The highest BCUT2D eigenvalue weighted by atomic mass is 32.2. The fourth-order valence-corrected chi connectivity index (χ4v) is 9.53. The summed E-state index contributed by atoms with van der Waals surface area (Å²) < 4.78 is 53.3. The molecule has 2 aliphatic heterocycles. The molecule has 30 heavy (non-hydrogen) atoms. The zero-order valence-corrected chi connectivity index (χ0v) is 17.2. The van der Waals surface area contributed by atoms with Gasteiger partial charge in [0.1, 0.15) is 0 Å². The molecule has 2 heterocycles. The second-order valence-corrected chi connectivity index (χ2v) is 12.2. The van der Waals surface area contributed by atoms with Crippen LogP contribution in [0.4, 0.5) is 0 Å². The summed E-state index contributed by atoms with van der Waals surface area (Å²) in [6.45, 7) is 0. The van der Waals surface area contributed by atoms with Gasteiger partial charge in [-0.15, -0.1) is 0 Å². The molecular weight excluding hydrogens is 420 g/mol. The van der Waals surface area contributed by atoms with Gasteiger partial charge in [-0.25, -0.2) is 16.8 Å². The first-order valence-electron chi connectivity index (χ1n) is 9.76. The number of Topliss-reactive ketones (excluding diaryl/α,β-unsaturated/α-hetero) is 1. The molecule has 0 saturated heterocycles. The highest BCUT2D eigenvalue weighted by molar-refractivity contribution is 7.95. The Balaban J connectivity index is 1.75. The van der Waals surface area contributed by atoms with Gasteiger partial charge in [0.15, 0.2) is 5.78 Å². The molecule has 3 aliphatic carbocycles. The van der Waals surface area contributed by atoms with E-state index in [1.54, 1.807) is 48.6 Å². The second kappa shape index (κ2) is 4.92. The van der Waals surface area contributed by atoms with E-state index < -0.39 is 31.5 Å². The predicted octanol–water partition coefficient (Wildman–Crippen LogP) is 3.59. The number of hydrogen-bond acceptors (Lipinski definition) is 5. The smallest absolute Gasteiger partial charge is 0.203 e. The number of allylic oxidation sites excluding steroid dienone is 8. The number of rotatable bonds is 0. The molecule has 148 valence electrons. The molecule has 2 unspecified atom stereocenters. The largest absolute Gasteiger partial charge is 0.298 e. The van der Waals surface area contributed by atoms with Gasteiger partial charge in [0.25, 0.3) is 0 Å². The first-order valence-corrected chi connectivity index (χ1v) is 12.7. The molecule has 0 spiro atoms. The van der Waals surface area contributed by atoms with E-state index in [1.807, 2.05) is 0 Å². The third-order valence-electron chi connectivity index (χ3n) is 7.03. The Labute approximate surface area is 172 Å². The average Bonchev–Trinajstić information content (AvgIpc) is 3.38. The van der Waals surface area contributed by atoms with Gasteiger partial charge in [0, 0.05) is 12.8 Å². The van der Waals surface area contributed by atoms with Gasteiger partial charge >= 0.3 is 0 Å². The molecule has 0 bridgehead atoms. The highest BCUT2D eigenvalue weighted by Crippen LogP contribution is 2.58. The molecule has 5 nitrogen and oxygen atoms in total. The summed E-state index contributed by atoms with van der Waals surface area (Å²) in [7, 11) is -7.45. The average molecular weight is 434 g/mol. The van der Waals surface area contributed by atoms with Crippen LogP contribution >= 0.6 is 0 Å². The lowest BCUT2D eigenvalue weighted by molar-refractivity contribution is -0.120. The molecule has 7 rings (SSSR count). The van der Waals surface area contributed by atoms with E-state index in [0.717, 1.165) is 5.39 Å². The summed E-state index contributed by atoms with van der Waals surface area (Å²) in [5, 5.41) is 1.38. The van der Waals surface area contributed by atoms with E-state index in [-0.39, 0.29) is 15.6 Å². The molecule has 0 fully saturated rings. The predicted molar refractivity (Wildman–Crippen MR) is 110 cm³/mol. The third kappa shape index (κ3) is 1.63. The lowest BCUT2D eigenvalue weighted by atomic mass is 9.69. The van der Waals surface area contributed by atoms with Gasteiger partial charge in [0.2, 0.25) is 19.7 Å². The highest BCUT2D eigenvalue weighted by Gasteiger charge is 2.52. The molecule has 2 aromatic rings. The van der Waals surface area contributed by atoms with Crippen LogP contribution in [0.3, 0.4) is 0 Å². The SMILES string of the molecule is O=C1C2C3=C(CC=C3)S(=O)(=O)c3ccc4ccc5c(c4c32)C1C1=C(CC=C1)S5(=O)=O. The van der Waals surface area contributed by atoms with E-state index in [9.17, 15) is 21.6 Å². The van der Waals surface area contributed by atoms with E-state index in [2.05, 4.69) is 0 Å². The Morgan fingerprint density at radius 1 is 0.700 bits per heavy atom. The Kier molecular flexibility index (Phi) is 2.78. The van der Waals surface area contributed by atoms with Gasteiger partial charge in [0.05, 0.1) is 31.4 Å². The lowest BCUT2D eigenvalue weighted by Gasteiger charge is -2.38. The number of fused-ring (bicyclic) bond motifs is 2. The normalized spacial score (nSPS) is 28.3. The standard InChI is InChI=1S/C23H14O5S2/c24-23-19-12-3-1-5-14(12)29(25,26)16-9-7-11-8-10-17-22(18(11)21(16)19)20(23)13-4-2-6-15(13)30(17,27)28/h1-4,7-10,19-20H,5-6H2. The van der Waals surface area contributed by atoms with Crippen LogP contribution in [0.15, 0.2) is 79.3 Å². The molecule has 0 N–H and O–H groups in total. The Morgan fingerprint density at radius 3 is 1.63 bits per heavy atom. The summed E-state index contributed by atoms with van der Waals surface area (Å²) in [6.07, 6.45) is 7.67. The molecule has 2 aromatic carbocycles. The van der Waals surface area contributed by atoms with E-state index in [1.165, 1.54) is 0 Å². The van der Waals surface area contributed by atoms with E-state index in [4.69, 9.17) is 0 Å². The van der Waals surface area contributed by atoms with Crippen molar-refractivity contribution in [2.75, 3.05) is 0 Å². The van der Waals surface area contributed by atoms with Crippen molar-refractivity contribution in [3.05, 3.63) is 80.7 Å². The Hall–Kier alpha value is -2.77. The molecule has 0 aromatic heterocycles. The Bertz CT molecular complexity index is 1510. The van der Waals surface area contributed by atoms with Crippen molar-refractivity contribution in [3.63, 3.8) is 0 Å². The van der Waals surface area contributed by atoms with Crippen LogP contribution in [0.2, 0.25) is 0 Å². The van der Waals surface area contributed by atoms with Crippen molar-refractivity contribution in [1.29, 1.82) is 0 Å². The summed E-state index contributed by atoms with van der Waals surface area (Å²) >= 11 is 0. The number of benzene rings is 2. The van der Waals surface area contributed by atoms with Gasteiger partial charge in [-0.3, -0.25) is 4.79 Å². The fraction of sp³-hybridized carbons (Fsp3) is 0.174. The minimum Gasteiger partial charge on any atom is -0.298 e. The maximum absolute atomic E-state index is 13.9. The van der Waals surface area contributed by atoms with Crippen molar-refractivity contribution >= 4 is 36.2 Å². The number of sulfone groups is 2. The maximum atomic E-state index is 13.9. The number of hydrogen-bond donors (Lipinski definition) is 0. The number of carbonyl (C=O) groups is 1. The van der Waals surface area contributed by atoms with Crippen molar-refractivity contribution in [2.45, 2.75) is 34.5 Å². The topological polar surface area (TPSA) is 85.3 Å². The van der Waals surface area contributed by atoms with E-state index >= 15 is 0 Å². The van der Waals surface area contributed by atoms with Gasteiger partial charge in [-0.2, -0.15) is 0 Å². The van der Waals surface area contributed by atoms with Crippen LogP contribution in [0.25, 0.3) is 10.8 Å². The Morgan fingerprint density at radius 2 is 1.17 bits per heavy atom. The van der Waals surface area contributed by atoms with Crippen LogP contribution in [0.5, 0.6) is 0 Å². The fourth-order valence-electron chi connectivity index (χ4n) is 5.86. The van der Waals surface area contributed by atoms with Crippen molar-refractivity contribution in [1.82, 2.24) is 0 Å². The minimum absolute atomic E-state index is 0.133. The van der Waals surface area contributed by atoms with Crippen LogP contribution in [0, 0.1) is 0 Å². The molecular formula is C23H14O5S2. The van der Waals surface area contributed by atoms with Crippen LogP contribution in [-0.2, 0) is 24.5 Å². The van der Waals surface area contributed by atoms with Crippen LogP contribution in [0.1, 0.15) is 35.8 Å². The monoisotopic (exact) mass is 434 g/mol. The molecule has 2 atom stereocenters. The minimum atomic E-state index is -3.73. The van der Waals surface area contributed by atoms with Crippen molar-refractivity contribution in [3.8, 4) is 0 Å². The van der Waals surface area contributed by atoms with Gasteiger partial charge < -0.3 is 0 Å². The van der Waals surface area contributed by atoms with Gasteiger partial charge in [-0.05, 0) is 45.2 Å². The zero-order valence-electron chi connectivity index (χ0n) is 15.5. The zero-order chi connectivity index (χ0) is 20.6. The first-order chi connectivity index (χ1) is 14.3. The van der Waals surface area contributed by atoms with Gasteiger partial charge in [-0.1, -0.05) is 36.4 Å². The third-order valence-corrected chi connectivity index (χ3v) is 11.0. The molecule has 0 amide bonds. The summed E-state index contributed by atoms with van der Waals surface area (Å²) in [5.74, 6) is -1.50. The first kappa shape index (κ1) is 17.0. The molecule has 0 radical (unpaired) electrons. The van der Waals surface area contributed by atoms with Crippen LogP contribution < -0.4 is 0 Å². The lowest BCUT2D eigenvalue weighted by Crippen LogP contribution is -2.35. The maximum Gasteiger partial charge on any atom is 0.203 e.